The lowest BCUT2D eigenvalue weighted by molar-refractivity contribution is -0.122. The normalized spacial score (nSPS) is 23.8. The van der Waals surface area contributed by atoms with Crippen molar-refractivity contribution in [2.75, 3.05) is 31.2 Å². The SMILES string of the molecule is NC(=O)C1CCc2nc(N3CCOCC3)sc2C1. The van der Waals surface area contributed by atoms with Crippen molar-refractivity contribution < 1.29 is 9.53 Å². The lowest BCUT2D eigenvalue weighted by atomic mass is 9.91. The Labute approximate surface area is 110 Å². The number of primary amides is 1. The first kappa shape index (κ1) is 11.9. The van der Waals surface area contributed by atoms with Crippen LogP contribution in [0.1, 0.15) is 17.0 Å². The summed E-state index contributed by atoms with van der Waals surface area (Å²) < 4.78 is 5.35. The van der Waals surface area contributed by atoms with Gasteiger partial charge in [-0.25, -0.2) is 4.98 Å². The molecule has 1 atom stereocenters. The summed E-state index contributed by atoms with van der Waals surface area (Å²) in [7, 11) is 0. The summed E-state index contributed by atoms with van der Waals surface area (Å²) in [5, 5.41) is 1.08. The second-order valence-electron chi connectivity index (χ2n) is 4.81. The smallest absolute Gasteiger partial charge is 0.220 e. The Morgan fingerprint density at radius 2 is 2.22 bits per heavy atom. The second-order valence-corrected chi connectivity index (χ2v) is 5.87. The summed E-state index contributed by atoms with van der Waals surface area (Å²) in [5.74, 6) is -0.183. The van der Waals surface area contributed by atoms with Gasteiger partial charge >= 0.3 is 0 Å². The van der Waals surface area contributed by atoms with Gasteiger partial charge in [-0.05, 0) is 19.3 Å². The molecule has 2 N–H and O–H groups in total. The molecule has 2 heterocycles. The zero-order chi connectivity index (χ0) is 12.5. The second kappa shape index (κ2) is 4.85. The van der Waals surface area contributed by atoms with Crippen LogP contribution in [-0.4, -0.2) is 37.2 Å². The standard InChI is InChI=1S/C12H17N3O2S/c13-11(16)8-1-2-9-10(7-8)18-12(14-9)15-3-5-17-6-4-15/h8H,1-7H2,(H2,13,16). The van der Waals surface area contributed by atoms with Gasteiger partial charge in [0, 0.05) is 23.9 Å². The van der Waals surface area contributed by atoms with Gasteiger partial charge in [0.1, 0.15) is 0 Å². The molecule has 2 aliphatic rings. The molecule has 18 heavy (non-hydrogen) atoms. The van der Waals surface area contributed by atoms with E-state index < -0.39 is 0 Å². The van der Waals surface area contributed by atoms with E-state index in [0.29, 0.717) is 0 Å². The largest absolute Gasteiger partial charge is 0.378 e. The first-order valence-corrected chi connectivity index (χ1v) is 7.16. The minimum atomic E-state index is -0.179. The van der Waals surface area contributed by atoms with Crippen molar-refractivity contribution in [3.8, 4) is 0 Å². The van der Waals surface area contributed by atoms with Crippen LogP contribution < -0.4 is 10.6 Å². The maximum absolute atomic E-state index is 11.3. The van der Waals surface area contributed by atoms with Crippen LogP contribution in [0.5, 0.6) is 0 Å². The van der Waals surface area contributed by atoms with E-state index in [9.17, 15) is 4.79 Å². The molecule has 0 spiro atoms. The van der Waals surface area contributed by atoms with E-state index in [1.54, 1.807) is 11.3 Å². The average molecular weight is 267 g/mol. The predicted octanol–water partition coefficient (Wildman–Crippen LogP) is 0.570. The van der Waals surface area contributed by atoms with Crippen LogP contribution in [-0.2, 0) is 22.4 Å². The summed E-state index contributed by atoms with van der Waals surface area (Å²) >= 11 is 1.71. The number of amides is 1. The van der Waals surface area contributed by atoms with Crippen LogP contribution in [0.15, 0.2) is 0 Å². The number of carbonyl (C=O) groups excluding carboxylic acids is 1. The van der Waals surface area contributed by atoms with E-state index in [-0.39, 0.29) is 11.8 Å². The van der Waals surface area contributed by atoms with Gasteiger partial charge in [-0.1, -0.05) is 0 Å². The first-order chi connectivity index (χ1) is 8.74. The maximum atomic E-state index is 11.3. The fourth-order valence-electron chi connectivity index (χ4n) is 2.49. The molecule has 0 bridgehead atoms. The molecule has 1 saturated heterocycles. The molecule has 3 rings (SSSR count). The van der Waals surface area contributed by atoms with E-state index in [0.717, 1.165) is 50.7 Å². The van der Waals surface area contributed by atoms with Crippen molar-refractivity contribution in [2.45, 2.75) is 19.3 Å². The topological polar surface area (TPSA) is 68.5 Å². The molecular weight excluding hydrogens is 250 g/mol. The molecule has 0 saturated carbocycles. The van der Waals surface area contributed by atoms with E-state index in [2.05, 4.69) is 4.90 Å². The molecule has 1 aliphatic heterocycles. The Kier molecular flexibility index (Phi) is 3.22. The minimum absolute atomic E-state index is 0.00418. The van der Waals surface area contributed by atoms with Crippen molar-refractivity contribution in [3.05, 3.63) is 10.6 Å². The average Bonchev–Trinajstić information content (AvgIpc) is 2.82. The maximum Gasteiger partial charge on any atom is 0.220 e. The molecule has 1 aromatic heterocycles. The Balaban J connectivity index is 1.78. The number of nitrogens with two attached hydrogens (primary N) is 1. The minimum Gasteiger partial charge on any atom is -0.378 e. The fraction of sp³-hybridized carbons (Fsp3) is 0.667. The van der Waals surface area contributed by atoms with Crippen LogP contribution in [0.25, 0.3) is 0 Å². The number of hydrogen-bond acceptors (Lipinski definition) is 5. The number of fused-ring (bicyclic) bond motifs is 1. The van der Waals surface area contributed by atoms with Crippen molar-refractivity contribution in [2.24, 2.45) is 11.7 Å². The molecule has 1 aliphatic carbocycles. The molecule has 0 aromatic carbocycles. The monoisotopic (exact) mass is 267 g/mol. The highest BCUT2D eigenvalue weighted by Crippen LogP contribution is 2.34. The number of nitrogens with zero attached hydrogens (tertiary/aromatic N) is 2. The van der Waals surface area contributed by atoms with Gasteiger partial charge in [0.2, 0.25) is 5.91 Å². The number of anilines is 1. The van der Waals surface area contributed by atoms with Crippen LogP contribution in [0, 0.1) is 5.92 Å². The van der Waals surface area contributed by atoms with Crippen molar-refractivity contribution in [1.29, 1.82) is 0 Å². The van der Waals surface area contributed by atoms with Gasteiger partial charge in [-0.2, -0.15) is 0 Å². The predicted molar refractivity (Wildman–Crippen MR) is 69.9 cm³/mol. The number of hydrogen-bond donors (Lipinski definition) is 1. The van der Waals surface area contributed by atoms with Crippen LogP contribution in [0.3, 0.4) is 0 Å². The molecule has 1 unspecified atom stereocenters. The Bertz CT molecular complexity index is 454. The highest BCUT2D eigenvalue weighted by Gasteiger charge is 2.27. The highest BCUT2D eigenvalue weighted by molar-refractivity contribution is 7.15. The molecule has 1 fully saturated rings. The summed E-state index contributed by atoms with van der Waals surface area (Å²) in [6.45, 7) is 3.36. The van der Waals surface area contributed by atoms with Crippen LogP contribution >= 0.6 is 11.3 Å². The summed E-state index contributed by atoms with van der Waals surface area (Å²) in [6, 6.07) is 0. The molecule has 6 heteroatoms. The van der Waals surface area contributed by atoms with Crippen molar-refractivity contribution in [3.63, 3.8) is 0 Å². The Morgan fingerprint density at radius 3 is 2.94 bits per heavy atom. The molecular formula is C12H17N3O2S. The van der Waals surface area contributed by atoms with E-state index in [1.165, 1.54) is 10.6 Å². The Morgan fingerprint density at radius 1 is 1.44 bits per heavy atom. The highest BCUT2D eigenvalue weighted by atomic mass is 32.1. The van der Waals surface area contributed by atoms with Gasteiger partial charge in [-0.3, -0.25) is 4.79 Å². The summed E-state index contributed by atoms with van der Waals surface area (Å²) in [5.41, 5.74) is 6.56. The Hall–Kier alpha value is -1.14. The third-order valence-electron chi connectivity index (χ3n) is 3.61. The molecule has 1 aromatic rings. The molecule has 1 amide bonds. The molecule has 98 valence electrons. The number of carbonyl (C=O) groups is 1. The van der Waals surface area contributed by atoms with Gasteiger partial charge < -0.3 is 15.4 Å². The van der Waals surface area contributed by atoms with E-state index >= 15 is 0 Å². The van der Waals surface area contributed by atoms with Crippen LogP contribution in [0.4, 0.5) is 5.13 Å². The lowest BCUT2D eigenvalue weighted by Crippen LogP contribution is -2.36. The van der Waals surface area contributed by atoms with Gasteiger partial charge in [0.15, 0.2) is 5.13 Å². The number of ether oxygens (including phenoxy) is 1. The quantitative estimate of drug-likeness (QED) is 0.850. The number of thiazole rings is 1. The van der Waals surface area contributed by atoms with Crippen LogP contribution in [0.2, 0.25) is 0 Å². The third kappa shape index (κ3) is 2.22. The fourth-order valence-corrected chi connectivity index (χ4v) is 3.73. The zero-order valence-electron chi connectivity index (χ0n) is 10.2. The summed E-state index contributed by atoms with van der Waals surface area (Å²) in [4.78, 5) is 19.5. The van der Waals surface area contributed by atoms with Crippen molar-refractivity contribution in [1.82, 2.24) is 4.98 Å². The van der Waals surface area contributed by atoms with Gasteiger partial charge in [0.25, 0.3) is 0 Å². The van der Waals surface area contributed by atoms with Crippen molar-refractivity contribution >= 4 is 22.4 Å². The lowest BCUT2D eigenvalue weighted by Gasteiger charge is -2.26. The third-order valence-corrected chi connectivity index (χ3v) is 4.79. The molecule has 5 nitrogen and oxygen atoms in total. The first-order valence-electron chi connectivity index (χ1n) is 6.34. The summed E-state index contributed by atoms with van der Waals surface area (Å²) in [6.07, 6.45) is 2.49. The zero-order valence-corrected chi connectivity index (χ0v) is 11.0. The number of aromatic nitrogens is 1. The van der Waals surface area contributed by atoms with E-state index in [1.807, 2.05) is 0 Å². The number of morpholine rings is 1. The van der Waals surface area contributed by atoms with Gasteiger partial charge in [0.05, 0.1) is 18.9 Å². The molecule has 0 radical (unpaired) electrons. The van der Waals surface area contributed by atoms with Gasteiger partial charge in [-0.15, -0.1) is 11.3 Å². The van der Waals surface area contributed by atoms with E-state index in [4.69, 9.17) is 15.5 Å². The number of aryl methyl sites for hydroxylation is 1. The number of rotatable bonds is 2.